The summed E-state index contributed by atoms with van der Waals surface area (Å²) in [5.74, 6) is 2.11. The molecule has 0 amide bonds. The number of hydrogen-bond acceptors (Lipinski definition) is 7. The van der Waals surface area contributed by atoms with E-state index < -0.39 is 0 Å². The highest BCUT2D eigenvalue weighted by molar-refractivity contribution is 5.92. The molecule has 0 spiro atoms. The van der Waals surface area contributed by atoms with E-state index in [4.69, 9.17) is 9.97 Å². The highest BCUT2D eigenvalue weighted by Gasteiger charge is 2.29. The number of anilines is 2. The zero-order valence-electron chi connectivity index (χ0n) is 19.5. The van der Waals surface area contributed by atoms with Gasteiger partial charge in [-0.1, -0.05) is 13.3 Å². The molecule has 170 valence electrons. The maximum absolute atomic E-state index is 9.98. The molecule has 1 aliphatic carbocycles. The molecule has 31 heavy (non-hydrogen) atoms. The Bertz CT molecular complexity index is 880. The Balaban J connectivity index is 1.70. The quantitative estimate of drug-likeness (QED) is 0.697. The van der Waals surface area contributed by atoms with E-state index in [-0.39, 0.29) is 6.10 Å². The van der Waals surface area contributed by atoms with Gasteiger partial charge in [-0.3, -0.25) is 0 Å². The average molecular weight is 427 g/mol. The van der Waals surface area contributed by atoms with Gasteiger partial charge in [0.2, 0.25) is 5.95 Å². The second-order valence-electron chi connectivity index (χ2n) is 9.68. The summed E-state index contributed by atoms with van der Waals surface area (Å²) in [5.41, 5.74) is 2.24. The van der Waals surface area contributed by atoms with Gasteiger partial charge in [0.05, 0.1) is 17.0 Å². The van der Waals surface area contributed by atoms with Crippen LogP contribution in [0, 0.1) is 0 Å². The van der Waals surface area contributed by atoms with Crippen LogP contribution in [0.15, 0.2) is 12.4 Å². The normalized spacial score (nSPS) is 25.4. The molecule has 2 aromatic heterocycles. The molecule has 1 aliphatic heterocycles. The lowest BCUT2D eigenvalue weighted by Crippen LogP contribution is -2.31. The fourth-order valence-electron chi connectivity index (χ4n) is 5.12. The van der Waals surface area contributed by atoms with Crippen molar-refractivity contribution >= 4 is 22.7 Å². The highest BCUT2D eigenvalue weighted by Crippen LogP contribution is 2.38. The topological polar surface area (TPSA) is 77.4 Å². The van der Waals surface area contributed by atoms with Crippen molar-refractivity contribution in [3.63, 3.8) is 0 Å². The van der Waals surface area contributed by atoms with Gasteiger partial charge in [-0.05, 0) is 65.5 Å². The lowest BCUT2D eigenvalue weighted by molar-refractivity contribution is 0.122. The third-order valence-electron chi connectivity index (χ3n) is 7.06. The van der Waals surface area contributed by atoms with Gasteiger partial charge in [-0.15, -0.1) is 0 Å². The molecule has 7 heteroatoms. The van der Waals surface area contributed by atoms with E-state index in [1.807, 2.05) is 6.20 Å². The summed E-state index contributed by atoms with van der Waals surface area (Å²) in [5, 5.41) is 14.5. The maximum Gasteiger partial charge on any atom is 0.223 e. The molecule has 2 N–H and O–H groups in total. The number of aliphatic hydroxyl groups excluding tert-OH is 1. The van der Waals surface area contributed by atoms with Crippen molar-refractivity contribution in [2.45, 2.75) is 82.9 Å². The van der Waals surface area contributed by atoms with Crippen molar-refractivity contribution in [3.8, 4) is 0 Å². The molecule has 0 aromatic carbocycles. The number of hydrogen-bond donors (Lipinski definition) is 2. The molecular formula is C24H38N6O. The fourth-order valence-corrected chi connectivity index (χ4v) is 5.12. The molecule has 2 fully saturated rings. The number of aromatic nitrogens is 3. The lowest BCUT2D eigenvalue weighted by Gasteiger charge is -2.27. The van der Waals surface area contributed by atoms with Crippen molar-refractivity contribution in [1.82, 2.24) is 19.9 Å². The SMILES string of the molecule is CCCC(C)Nc1ncc2c(N3CC[C@H](N(C)C)C3)ncc([C@H]3CC[C@H](O)CC3)c2n1. The van der Waals surface area contributed by atoms with Gasteiger partial charge in [0.15, 0.2) is 0 Å². The first-order chi connectivity index (χ1) is 15.0. The summed E-state index contributed by atoms with van der Waals surface area (Å²) in [6.07, 6.45) is 10.9. The van der Waals surface area contributed by atoms with Crippen LogP contribution in [0.3, 0.4) is 0 Å². The summed E-state index contributed by atoms with van der Waals surface area (Å²) in [6.45, 7) is 6.37. The smallest absolute Gasteiger partial charge is 0.223 e. The largest absolute Gasteiger partial charge is 0.393 e. The van der Waals surface area contributed by atoms with Gasteiger partial charge in [0.1, 0.15) is 5.82 Å². The van der Waals surface area contributed by atoms with E-state index in [1.165, 1.54) is 5.56 Å². The van der Waals surface area contributed by atoms with Crippen molar-refractivity contribution in [3.05, 3.63) is 18.0 Å². The molecule has 4 rings (SSSR count). The first-order valence-corrected chi connectivity index (χ1v) is 12.0. The number of fused-ring (bicyclic) bond motifs is 1. The Kier molecular flexibility index (Phi) is 6.92. The van der Waals surface area contributed by atoms with Crippen molar-refractivity contribution in [2.75, 3.05) is 37.4 Å². The van der Waals surface area contributed by atoms with E-state index in [1.54, 1.807) is 0 Å². The zero-order chi connectivity index (χ0) is 22.0. The zero-order valence-corrected chi connectivity index (χ0v) is 19.5. The molecule has 2 atom stereocenters. The molecule has 0 bridgehead atoms. The second kappa shape index (κ2) is 9.65. The third-order valence-corrected chi connectivity index (χ3v) is 7.06. The van der Waals surface area contributed by atoms with Gasteiger partial charge in [-0.2, -0.15) is 0 Å². The standard InChI is InChI=1S/C24H38N6O/c1-5-6-16(2)27-24-26-14-21-22(28-24)20(17-7-9-19(31)10-8-17)13-25-23(21)30-12-11-18(15-30)29(3)4/h13-14,16-19,31H,5-12,15H2,1-4H3,(H,26,27,28)/t16?,17-,18-,19-/m0/s1. The second-order valence-corrected chi connectivity index (χ2v) is 9.68. The lowest BCUT2D eigenvalue weighted by atomic mass is 9.82. The van der Waals surface area contributed by atoms with Crippen LogP contribution in [0.4, 0.5) is 11.8 Å². The van der Waals surface area contributed by atoms with Crippen molar-refractivity contribution in [1.29, 1.82) is 0 Å². The van der Waals surface area contributed by atoms with Crippen LogP contribution in [-0.2, 0) is 0 Å². The summed E-state index contributed by atoms with van der Waals surface area (Å²) in [6, 6.07) is 0.893. The Hall–Kier alpha value is -1.99. The third kappa shape index (κ3) is 4.93. The van der Waals surface area contributed by atoms with Crippen LogP contribution in [0.5, 0.6) is 0 Å². The van der Waals surface area contributed by atoms with Gasteiger partial charge in [-0.25, -0.2) is 15.0 Å². The molecule has 1 saturated heterocycles. The summed E-state index contributed by atoms with van der Waals surface area (Å²) in [7, 11) is 4.30. The maximum atomic E-state index is 9.98. The Morgan fingerprint density at radius 2 is 1.94 bits per heavy atom. The molecule has 1 saturated carbocycles. The minimum atomic E-state index is -0.163. The molecule has 1 unspecified atom stereocenters. The predicted octanol–water partition coefficient (Wildman–Crippen LogP) is 3.78. The number of likely N-dealkylation sites (N-methyl/N-ethyl adjacent to an activating group) is 1. The molecular weight excluding hydrogens is 388 g/mol. The number of nitrogens with zero attached hydrogens (tertiary/aromatic N) is 5. The summed E-state index contributed by atoms with van der Waals surface area (Å²) < 4.78 is 0. The Morgan fingerprint density at radius 1 is 1.16 bits per heavy atom. The molecule has 2 aromatic rings. The number of aliphatic hydroxyl groups is 1. The van der Waals surface area contributed by atoms with Gasteiger partial charge >= 0.3 is 0 Å². The molecule has 3 heterocycles. The van der Waals surface area contributed by atoms with Gasteiger partial charge in [0.25, 0.3) is 0 Å². The van der Waals surface area contributed by atoms with Crippen LogP contribution in [0.1, 0.15) is 70.3 Å². The van der Waals surface area contributed by atoms with E-state index in [2.05, 4.69) is 54.2 Å². The Labute approximate surface area is 186 Å². The van der Waals surface area contributed by atoms with Crippen LogP contribution in [0.2, 0.25) is 0 Å². The highest BCUT2D eigenvalue weighted by atomic mass is 16.3. The van der Waals surface area contributed by atoms with E-state index in [9.17, 15) is 5.11 Å². The van der Waals surface area contributed by atoms with Crippen molar-refractivity contribution in [2.24, 2.45) is 0 Å². The monoisotopic (exact) mass is 426 g/mol. The minimum absolute atomic E-state index is 0.163. The van der Waals surface area contributed by atoms with Crippen molar-refractivity contribution < 1.29 is 5.11 Å². The molecule has 2 aliphatic rings. The first-order valence-electron chi connectivity index (χ1n) is 12.0. The van der Waals surface area contributed by atoms with E-state index in [0.29, 0.717) is 23.9 Å². The average Bonchev–Trinajstić information content (AvgIpc) is 3.24. The predicted molar refractivity (Wildman–Crippen MR) is 127 cm³/mol. The summed E-state index contributed by atoms with van der Waals surface area (Å²) >= 11 is 0. The van der Waals surface area contributed by atoms with Crippen LogP contribution in [-0.4, -0.2) is 70.3 Å². The fraction of sp³-hybridized carbons (Fsp3) is 0.708. The number of pyridine rings is 1. The van der Waals surface area contributed by atoms with Crippen LogP contribution >= 0.6 is 0 Å². The molecule has 7 nitrogen and oxygen atoms in total. The first kappa shape index (κ1) is 22.2. The van der Waals surface area contributed by atoms with E-state index >= 15 is 0 Å². The van der Waals surface area contributed by atoms with E-state index in [0.717, 1.165) is 74.8 Å². The Morgan fingerprint density at radius 3 is 2.61 bits per heavy atom. The number of rotatable bonds is 7. The van der Waals surface area contributed by atoms with Gasteiger partial charge < -0.3 is 20.2 Å². The van der Waals surface area contributed by atoms with Gasteiger partial charge in [0, 0.05) is 43.1 Å². The molecule has 0 radical (unpaired) electrons. The van der Waals surface area contributed by atoms with Crippen LogP contribution in [0.25, 0.3) is 10.9 Å². The number of nitrogens with one attached hydrogen (secondary N) is 1. The summed E-state index contributed by atoms with van der Waals surface area (Å²) in [4.78, 5) is 19.3. The van der Waals surface area contributed by atoms with Crippen LogP contribution < -0.4 is 10.2 Å². The minimum Gasteiger partial charge on any atom is -0.393 e.